The number of carbonyl (C=O) groups is 3. The number of fused-ring (bicyclic) bond motifs is 2. The molecule has 0 saturated carbocycles. The van der Waals surface area contributed by atoms with Crippen LogP contribution in [-0.4, -0.2) is 59.7 Å². The van der Waals surface area contributed by atoms with Crippen molar-refractivity contribution in [3.8, 4) is 11.5 Å². The van der Waals surface area contributed by atoms with Gasteiger partial charge in [-0.2, -0.15) is 13.2 Å². The zero-order valence-corrected chi connectivity index (χ0v) is 24.4. The molecular formula is C29H26F3N3O6S2. The largest absolute Gasteiger partial charge is 0.493 e. The number of benzene rings is 2. The van der Waals surface area contributed by atoms with E-state index in [1.54, 1.807) is 23.1 Å². The second-order valence-corrected chi connectivity index (χ2v) is 12.6. The van der Waals surface area contributed by atoms with Crippen LogP contribution in [0.15, 0.2) is 52.3 Å². The molecule has 2 saturated heterocycles. The number of thioether (sulfide) groups is 1. The van der Waals surface area contributed by atoms with Gasteiger partial charge < -0.3 is 19.4 Å². The summed E-state index contributed by atoms with van der Waals surface area (Å²) in [5.41, 5.74) is -1.12. The van der Waals surface area contributed by atoms with E-state index in [2.05, 4.69) is 4.98 Å². The Morgan fingerprint density at radius 2 is 1.77 bits per heavy atom. The Kier molecular flexibility index (Phi) is 7.75. The van der Waals surface area contributed by atoms with Gasteiger partial charge in [0.25, 0.3) is 5.91 Å². The number of nitrogens with one attached hydrogen (secondary N) is 1. The van der Waals surface area contributed by atoms with Crippen LogP contribution < -0.4 is 19.2 Å². The van der Waals surface area contributed by atoms with Crippen LogP contribution in [0.25, 0.3) is 0 Å². The number of hydrogen-bond donors (Lipinski definition) is 1. The second-order valence-electron chi connectivity index (χ2n) is 10.4. The van der Waals surface area contributed by atoms with Crippen molar-refractivity contribution in [3.05, 3.63) is 68.1 Å². The molecule has 14 heteroatoms. The summed E-state index contributed by atoms with van der Waals surface area (Å²) in [5.74, 6) is -3.09. The summed E-state index contributed by atoms with van der Waals surface area (Å²) in [6, 6.07) is 9.31. The number of para-hydroxylation sites is 1. The summed E-state index contributed by atoms with van der Waals surface area (Å²) in [7, 11) is 1.41. The Morgan fingerprint density at radius 3 is 2.49 bits per heavy atom. The maximum atomic E-state index is 13.9. The highest BCUT2D eigenvalue weighted by atomic mass is 32.2. The summed E-state index contributed by atoms with van der Waals surface area (Å²) in [6.45, 7) is 1.17. The molecular weight excluding hydrogens is 607 g/mol. The first-order chi connectivity index (χ1) is 20.6. The number of ether oxygens (including phenoxy) is 2. The lowest BCUT2D eigenvalue weighted by atomic mass is 9.83. The Bertz CT molecular complexity index is 1650. The molecule has 3 unspecified atom stereocenters. The lowest BCUT2D eigenvalue weighted by Gasteiger charge is -2.30. The van der Waals surface area contributed by atoms with E-state index >= 15 is 0 Å². The van der Waals surface area contributed by atoms with Gasteiger partial charge in [0.05, 0.1) is 29.3 Å². The van der Waals surface area contributed by atoms with Crippen molar-refractivity contribution in [2.45, 2.75) is 41.6 Å². The lowest BCUT2D eigenvalue weighted by Crippen LogP contribution is -2.38. The van der Waals surface area contributed by atoms with Gasteiger partial charge in [-0.15, -0.1) is 0 Å². The van der Waals surface area contributed by atoms with E-state index in [0.29, 0.717) is 33.5 Å². The third-order valence-electron chi connectivity index (χ3n) is 7.88. The van der Waals surface area contributed by atoms with Crippen LogP contribution in [0, 0.1) is 5.92 Å². The Morgan fingerprint density at radius 1 is 1.02 bits per heavy atom. The van der Waals surface area contributed by atoms with Crippen molar-refractivity contribution in [1.82, 2.24) is 9.88 Å². The number of thiazole rings is 1. The summed E-state index contributed by atoms with van der Waals surface area (Å²) >= 11 is 1.85. The van der Waals surface area contributed by atoms with Crippen LogP contribution in [-0.2, 0) is 20.6 Å². The quantitative estimate of drug-likeness (QED) is 0.394. The SMILES string of the molecule is COc1cc(C2c3sc(=O)[nH]c3SC3C(=O)N(c4ccccc4C(F)(F)F)C(=O)C32)ccc1OCC(=O)N1CCCCC1. The van der Waals surface area contributed by atoms with Crippen LogP contribution in [0.3, 0.4) is 0 Å². The first kappa shape index (κ1) is 29.3. The molecule has 3 aliphatic rings. The van der Waals surface area contributed by atoms with Gasteiger partial charge in [0, 0.05) is 23.9 Å². The van der Waals surface area contributed by atoms with Crippen LogP contribution >= 0.6 is 23.1 Å². The van der Waals surface area contributed by atoms with Gasteiger partial charge in [-0.25, -0.2) is 4.90 Å². The molecule has 0 aliphatic carbocycles. The van der Waals surface area contributed by atoms with Gasteiger partial charge in [-0.05, 0) is 49.1 Å². The minimum absolute atomic E-state index is 0.144. The van der Waals surface area contributed by atoms with Crippen molar-refractivity contribution >= 4 is 46.5 Å². The van der Waals surface area contributed by atoms with Crippen LogP contribution in [0.2, 0.25) is 0 Å². The summed E-state index contributed by atoms with van der Waals surface area (Å²) in [5, 5.41) is -0.680. The molecule has 2 fully saturated rings. The molecule has 4 heterocycles. The predicted octanol–water partition coefficient (Wildman–Crippen LogP) is 4.65. The number of imide groups is 1. The number of aromatic nitrogens is 1. The van der Waals surface area contributed by atoms with Crippen LogP contribution in [0.1, 0.15) is 41.2 Å². The van der Waals surface area contributed by atoms with Crippen LogP contribution in [0.4, 0.5) is 18.9 Å². The number of amides is 3. The molecule has 1 N–H and O–H groups in total. The van der Waals surface area contributed by atoms with Crippen molar-refractivity contribution in [2.75, 3.05) is 31.7 Å². The normalized spacial score (nSPS) is 21.9. The summed E-state index contributed by atoms with van der Waals surface area (Å²) < 4.78 is 53.0. The number of likely N-dealkylation sites (tertiary alicyclic amines) is 1. The van der Waals surface area contributed by atoms with Gasteiger partial charge >= 0.3 is 11.0 Å². The first-order valence-corrected chi connectivity index (χ1v) is 15.3. The number of carbonyl (C=O) groups excluding carboxylic acids is 3. The van der Waals surface area contributed by atoms with Gasteiger partial charge in [-0.1, -0.05) is 41.3 Å². The average molecular weight is 634 g/mol. The van der Waals surface area contributed by atoms with E-state index in [4.69, 9.17) is 9.47 Å². The fraction of sp³-hybridized carbons (Fsp3) is 0.379. The number of rotatable bonds is 6. The van der Waals surface area contributed by atoms with E-state index in [9.17, 15) is 32.3 Å². The molecule has 6 rings (SSSR count). The van der Waals surface area contributed by atoms with Gasteiger partial charge in [-0.3, -0.25) is 19.2 Å². The highest BCUT2D eigenvalue weighted by molar-refractivity contribution is 8.00. The predicted molar refractivity (Wildman–Crippen MR) is 153 cm³/mol. The second kappa shape index (κ2) is 11.4. The van der Waals surface area contributed by atoms with Crippen molar-refractivity contribution in [3.63, 3.8) is 0 Å². The molecule has 3 aromatic rings. The smallest absolute Gasteiger partial charge is 0.418 e. The Hall–Kier alpha value is -3.78. The number of hydrogen-bond acceptors (Lipinski definition) is 8. The maximum absolute atomic E-state index is 13.9. The molecule has 2 aromatic carbocycles. The van der Waals surface area contributed by atoms with E-state index in [1.165, 1.54) is 19.2 Å². The molecule has 9 nitrogen and oxygen atoms in total. The highest BCUT2D eigenvalue weighted by Gasteiger charge is 2.57. The standard InChI is InChI=1S/C29H26F3N3O6S2/c1-40-19-13-15(9-10-18(19)41-14-20(36)34-11-5-2-6-12-34)21-22-24(42-25-23(21)43-28(39)33-25)27(38)35(26(22)37)17-8-4-3-7-16(17)29(30,31)32/h3-4,7-10,13,21-22,24H,2,5-6,11-12,14H2,1H3,(H,33,39). The number of anilines is 1. The molecule has 0 spiro atoms. The number of halogens is 3. The summed E-state index contributed by atoms with van der Waals surface area (Å²) in [6.07, 6.45) is -1.82. The number of nitrogens with zero attached hydrogens (tertiary/aromatic N) is 2. The molecule has 0 bridgehead atoms. The molecule has 43 heavy (non-hydrogen) atoms. The Labute approximate surface area is 252 Å². The van der Waals surface area contributed by atoms with E-state index < -0.39 is 46.3 Å². The van der Waals surface area contributed by atoms with Gasteiger partial charge in [0.2, 0.25) is 11.8 Å². The third-order valence-corrected chi connectivity index (χ3v) is 10.3. The first-order valence-electron chi connectivity index (χ1n) is 13.6. The topological polar surface area (TPSA) is 109 Å². The molecule has 3 aliphatic heterocycles. The van der Waals surface area contributed by atoms with Crippen molar-refractivity contribution in [2.24, 2.45) is 5.92 Å². The molecule has 226 valence electrons. The number of alkyl halides is 3. The molecule has 0 radical (unpaired) electrons. The number of piperidine rings is 1. The van der Waals surface area contributed by atoms with Crippen molar-refractivity contribution in [1.29, 1.82) is 0 Å². The zero-order chi connectivity index (χ0) is 30.5. The highest BCUT2D eigenvalue weighted by Crippen LogP contribution is 2.54. The summed E-state index contributed by atoms with van der Waals surface area (Å²) in [4.78, 5) is 57.8. The van der Waals surface area contributed by atoms with E-state index in [0.717, 1.165) is 54.5 Å². The minimum Gasteiger partial charge on any atom is -0.493 e. The van der Waals surface area contributed by atoms with Crippen molar-refractivity contribution < 1.29 is 37.0 Å². The number of aromatic amines is 1. The van der Waals surface area contributed by atoms with Crippen LogP contribution in [0.5, 0.6) is 11.5 Å². The lowest BCUT2D eigenvalue weighted by molar-refractivity contribution is -0.137. The monoisotopic (exact) mass is 633 g/mol. The molecule has 3 amide bonds. The van der Waals surface area contributed by atoms with E-state index in [1.807, 2.05) is 0 Å². The molecule has 3 atom stereocenters. The average Bonchev–Trinajstić information content (AvgIpc) is 3.49. The fourth-order valence-corrected chi connectivity index (χ4v) is 8.41. The van der Waals surface area contributed by atoms with Gasteiger partial charge in [0.15, 0.2) is 18.1 Å². The zero-order valence-electron chi connectivity index (χ0n) is 22.8. The maximum Gasteiger partial charge on any atom is 0.418 e. The Balaban J connectivity index is 1.35. The minimum atomic E-state index is -4.79. The number of methoxy groups -OCH3 is 1. The number of H-pyrrole nitrogens is 1. The van der Waals surface area contributed by atoms with E-state index in [-0.39, 0.29) is 28.9 Å². The third kappa shape index (κ3) is 5.30. The van der Waals surface area contributed by atoms with Gasteiger partial charge in [0.1, 0.15) is 5.25 Å². The molecule has 1 aromatic heterocycles. The fourth-order valence-electron chi connectivity index (χ4n) is 5.89.